The zero-order valence-electron chi connectivity index (χ0n) is 22.8. The van der Waals surface area contributed by atoms with Crippen LogP contribution in [0.5, 0.6) is 0 Å². The summed E-state index contributed by atoms with van der Waals surface area (Å²) in [6.45, 7) is 5.15. The van der Waals surface area contributed by atoms with Gasteiger partial charge in [-0.05, 0) is 72.4 Å². The van der Waals surface area contributed by atoms with Gasteiger partial charge in [-0.3, -0.25) is 0 Å². The molecule has 0 saturated heterocycles. The molecule has 3 aromatic rings. The molecule has 2 bridgehead atoms. The quantitative estimate of drug-likeness (QED) is 0.213. The normalized spacial score (nSPS) is 21.7. The second-order valence-corrected chi connectivity index (χ2v) is 10.7. The molecule has 0 amide bonds. The zero-order valence-corrected chi connectivity index (χ0v) is 22.8. The smallest absolute Gasteiger partial charge is 0.338 e. The van der Waals surface area contributed by atoms with Crippen LogP contribution in [0.25, 0.3) is 0 Å². The monoisotopic (exact) mass is 526 g/mol. The first-order valence-electron chi connectivity index (χ1n) is 14.2. The van der Waals surface area contributed by atoms with Crippen LogP contribution in [0.1, 0.15) is 101 Å². The topological polar surface area (TPSA) is 90.6 Å². The van der Waals surface area contributed by atoms with Crippen molar-refractivity contribution in [2.45, 2.75) is 76.0 Å². The van der Waals surface area contributed by atoms with Crippen LogP contribution >= 0.6 is 0 Å². The Morgan fingerprint density at radius 2 is 1.36 bits per heavy atom. The van der Waals surface area contributed by atoms with Crippen LogP contribution in [0.4, 0.5) is 5.69 Å². The van der Waals surface area contributed by atoms with Crippen LogP contribution in [0.3, 0.4) is 0 Å². The number of hydrogen-bond donors (Lipinski definition) is 2. The lowest BCUT2D eigenvalue weighted by molar-refractivity contribution is -0.0348. The zero-order chi connectivity index (χ0) is 27.4. The average molecular weight is 527 g/mol. The fourth-order valence-corrected chi connectivity index (χ4v) is 5.95. The highest BCUT2D eigenvalue weighted by atomic mass is 16.6. The van der Waals surface area contributed by atoms with Crippen molar-refractivity contribution in [3.8, 4) is 0 Å². The molecule has 5 atom stereocenters. The highest BCUT2D eigenvalue weighted by molar-refractivity contribution is 5.91. The van der Waals surface area contributed by atoms with Crippen molar-refractivity contribution in [2.75, 3.05) is 11.9 Å². The van der Waals surface area contributed by atoms with Gasteiger partial charge < -0.3 is 20.5 Å². The van der Waals surface area contributed by atoms with Gasteiger partial charge in [0.25, 0.3) is 0 Å². The third-order valence-corrected chi connectivity index (χ3v) is 8.06. The van der Waals surface area contributed by atoms with Gasteiger partial charge in [0.05, 0.1) is 11.1 Å². The first-order chi connectivity index (χ1) is 19.0. The molecule has 2 aliphatic rings. The van der Waals surface area contributed by atoms with E-state index in [1.54, 1.807) is 24.3 Å². The maximum atomic E-state index is 13.2. The van der Waals surface area contributed by atoms with Gasteiger partial charge >= 0.3 is 11.9 Å². The first kappa shape index (κ1) is 26.9. The average Bonchev–Trinajstić information content (AvgIpc) is 3.51. The van der Waals surface area contributed by atoms with Gasteiger partial charge in [0.2, 0.25) is 0 Å². The molecule has 5 rings (SSSR count). The molecule has 1 saturated carbocycles. The number of anilines is 1. The van der Waals surface area contributed by atoms with Gasteiger partial charge in [0.15, 0.2) is 0 Å². The summed E-state index contributed by atoms with van der Waals surface area (Å²) in [4.78, 5) is 26.5. The molecule has 6 nitrogen and oxygen atoms in total. The number of benzene rings is 3. The lowest BCUT2D eigenvalue weighted by atomic mass is 9.87. The maximum Gasteiger partial charge on any atom is 0.338 e. The lowest BCUT2D eigenvalue weighted by Gasteiger charge is -2.32. The van der Waals surface area contributed by atoms with Gasteiger partial charge in [-0.2, -0.15) is 0 Å². The second kappa shape index (κ2) is 12.0. The number of ether oxygens (including phenoxy) is 2. The summed E-state index contributed by atoms with van der Waals surface area (Å²) in [5, 5.41) is 3.36. The molecule has 39 heavy (non-hydrogen) atoms. The van der Waals surface area contributed by atoms with Crippen LogP contribution in [0.15, 0.2) is 72.8 Å². The van der Waals surface area contributed by atoms with Gasteiger partial charge in [-0.15, -0.1) is 0 Å². The molecule has 204 valence electrons. The predicted molar refractivity (Wildman–Crippen MR) is 153 cm³/mol. The molecule has 0 heterocycles. The number of unbranched alkanes of at least 4 members (excludes halogenated alkanes) is 1. The van der Waals surface area contributed by atoms with Crippen LogP contribution in [-0.4, -0.2) is 30.7 Å². The summed E-state index contributed by atoms with van der Waals surface area (Å²) < 4.78 is 12.2. The van der Waals surface area contributed by atoms with Gasteiger partial charge in [0.1, 0.15) is 12.2 Å². The van der Waals surface area contributed by atoms with Crippen molar-refractivity contribution < 1.29 is 19.1 Å². The van der Waals surface area contributed by atoms with E-state index in [1.165, 1.54) is 11.1 Å². The largest absolute Gasteiger partial charge is 0.454 e. The molecule has 3 aromatic carbocycles. The predicted octanol–water partition coefficient (Wildman–Crippen LogP) is 6.73. The van der Waals surface area contributed by atoms with Crippen LogP contribution in [-0.2, 0) is 9.47 Å². The van der Waals surface area contributed by atoms with Crippen molar-refractivity contribution in [2.24, 2.45) is 5.73 Å². The summed E-state index contributed by atoms with van der Waals surface area (Å²) in [5.74, 6) is -0.822. The van der Waals surface area contributed by atoms with Crippen molar-refractivity contribution in [3.05, 3.63) is 101 Å². The Morgan fingerprint density at radius 1 is 0.821 bits per heavy atom. The molecule has 2 aliphatic carbocycles. The summed E-state index contributed by atoms with van der Waals surface area (Å²) in [5.41, 5.74) is 11.5. The number of carbonyl (C=O) groups is 2. The Balaban J connectivity index is 1.32. The lowest BCUT2D eigenvalue weighted by Crippen LogP contribution is -2.39. The number of nitrogens with two attached hydrogens (primary N) is 1. The molecule has 3 N–H and O–H groups in total. The minimum Gasteiger partial charge on any atom is -0.454 e. The van der Waals surface area contributed by atoms with Gasteiger partial charge in [-0.25, -0.2) is 9.59 Å². The summed E-state index contributed by atoms with van der Waals surface area (Å²) in [6.07, 6.45) is 3.80. The third kappa shape index (κ3) is 5.71. The van der Waals surface area contributed by atoms with E-state index in [0.29, 0.717) is 11.1 Å². The number of rotatable bonds is 11. The van der Waals surface area contributed by atoms with E-state index in [0.717, 1.165) is 49.9 Å². The molecule has 1 fully saturated rings. The number of esters is 2. The molecule has 0 aliphatic heterocycles. The number of hydrogen-bond acceptors (Lipinski definition) is 6. The van der Waals surface area contributed by atoms with Gasteiger partial charge in [0, 0.05) is 30.1 Å². The summed E-state index contributed by atoms with van der Waals surface area (Å²) in [7, 11) is 0. The Bertz CT molecular complexity index is 1290. The van der Waals surface area contributed by atoms with E-state index >= 15 is 0 Å². The van der Waals surface area contributed by atoms with E-state index < -0.39 is 24.1 Å². The van der Waals surface area contributed by atoms with Gasteiger partial charge in [-0.1, -0.05) is 63.1 Å². The maximum absolute atomic E-state index is 13.2. The van der Waals surface area contributed by atoms with Crippen molar-refractivity contribution >= 4 is 17.6 Å². The molecular formula is C33H38N2O4. The van der Waals surface area contributed by atoms with E-state index in [-0.39, 0.29) is 17.9 Å². The Morgan fingerprint density at radius 3 is 1.87 bits per heavy atom. The number of carbonyl (C=O) groups excluding carboxylic acids is 2. The molecule has 6 heteroatoms. The van der Waals surface area contributed by atoms with E-state index in [1.807, 2.05) is 36.4 Å². The molecule has 0 spiro atoms. The minimum absolute atomic E-state index is 0.00245. The third-order valence-electron chi connectivity index (χ3n) is 8.06. The highest BCUT2D eigenvalue weighted by Gasteiger charge is 2.55. The van der Waals surface area contributed by atoms with E-state index in [9.17, 15) is 9.59 Å². The SMILES string of the molecule is CCCCNc1ccc(C(=O)O[C@H]2[C@@H](OC(=O)c3ccc(C(N)CCC)cc3)[C@H]3C[C@@H]2c2ccccc23)cc1. The fourth-order valence-electron chi connectivity index (χ4n) is 5.95. The highest BCUT2D eigenvalue weighted by Crippen LogP contribution is 2.55. The summed E-state index contributed by atoms with van der Waals surface area (Å²) >= 11 is 0. The Hall–Kier alpha value is -3.64. The molecule has 0 aromatic heterocycles. The standard InChI is InChI=1S/C33H38N2O4/c1-3-5-19-35-24-17-15-23(16-18-24)33(37)39-31-28-20-27(25-9-6-7-10-26(25)28)30(31)38-32(36)22-13-11-21(12-14-22)29(34)8-4-2/h6-7,9-18,27-31,35H,3-5,8,19-20,34H2,1-2H3/t27-,28+,29?,30-,31+/m0/s1. The van der Waals surface area contributed by atoms with E-state index in [4.69, 9.17) is 15.2 Å². The molecule has 0 radical (unpaired) electrons. The fraction of sp³-hybridized carbons (Fsp3) is 0.394. The van der Waals surface area contributed by atoms with Crippen molar-refractivity contribution in [1.82, 2.24) is 0 Å². The minimum atomic E-state index is -0.543. The first-order valence-corrected chi connectivity index (χ1v) is 14.2. The van der Waals surface area contributed by atoms with Crippen molar-refractivity contribution in [3.63, 3.8) is 0 Å². The van der Waals surface area contributed by atoms with Crippen LogP contribution in [0.2, 0.25) is 0 Å². The second-order valence-electron chi connectivity index (χ2n) is 10.7. The Kier molecular flexibility index (Phi) is 8.32. The summed E-state index contributed by atoms with van der Waals surface area (Å²) in [6, 6.07) is 22.8. The Labute approximate surface area is 230 Å². The van der Waals surface area contributed by atoms with Crippen LogP contribution < -0.4 is 11.1 Å². The van der Waals surface area contributed by atoms with Crippen LogP contribution in [0, 0.1) is 0 Å². The molecular weight excluding hydrogens is 488 g/mol. The molecule has 1 unspecified atom stereocenters. The number of nitrogens with one attached hydrogen (secondary N) is 1. The number of fused-ring (bicyclic) bond motifs is 5. The van der Waals surface area contributed by atoms with Crippen molar-refractivity contribution in [1.29, 1.82) is 0 Å². The van der Waals surface area contributed by atoms with E-state index in [2.05, 4.69) is 31.3 Å².